The van der Waals surface area contributed by atoms with E-state index in [1.54, 1.807) is 0 Å². The standard InChI is InChI=1S/C14H21N3O2/c1-11(2)14(19)16-9-8-15-13(18)10-17-12-6-4-3-5-7-12/h3-7,11,17H,8-10H2,1-2H3,(H,15,18)(H,16,19). The predicted molar refractivity (Wildman–Crippen MR) is 75.8 cm³/mol. The second kappa shape index (κ2) is 8.13. The summed E-state index contributed by atoms with van der Waals surface area (Å²) in [5.41, 5.74) is 0.908. The monoisotopic (exact) mass is 263 g/mol. The second-order valence-corrected chi connectivity index (χ2v) is 4.52. The van der Waals surface area contributed by atoms with Gasteiger partial charge in [-0.3, -0.25) is 9.59 Å². The molecule has 19 heavy (non-hydrogen) atoms. The predicted octanol–water partition coefficient (Wildman–Crippen LogP) is 0.987. The molecular formula is C14H21N3O2. The summed E-state index contributed by atoms with van der Waals surface area (Å²) in [4.78, 5) is 22.8. The van der Waals surface area contributed by atoms with E-state index < -0.39 is 0 Å². The molecule has 0 bridgehead atoms. The Bertz CT molecular complexity index is 404. The average Bonchev–Trinajstić information content (AvgIpc) is 2.42. The SMILES string of the molecule is CC(C)C(=O)NCCNC(=O)CNc1ccccc1. The number of benzene rings is 1. The number of para-hydroxylation sites is 1. The van der Waals surface area contributed by atoms with Gasteiger partial charge in [0, 0.05) is 24.7 Å². The lowest BCUT2D eigenvalue weighted by atomic mass is 10.2. The topological polar surface area (TPSA) is 70.2 Å². The lowest BCUT2D eigenvalue weighted by molar-refractivity contribution is -0.124. The van der Waals surface area contributed by atoms with Gasteiger partial charge >= 0.3 is 0 Å². The number of hydrogen-bond donors (Lipinski definition) is 3. The molecule has 5 heteroatoms. The summed E-state index contributed by atoms with van der Waals surface area (Å²) in [6.45, 7) is 4.78. The molecule has 0 saturated heterocycles. The van der Waals surface area contributed by atoms with Crippen LogP contribution in [-0.4, -0.2) is 31.4 Å². The Balaban J connectivity index is 2.10. The first kappa shape index (κ1) is 15.0. The van der Waals surface area contributed by atoms with Gasteiger partial charge in [0.05, 0.1) is 6.54 Å². The summed E-state index contributed by atoms with van der Waals surface area (Å²) in [6, 6.07) is 9.53. The fourth-order valence-electron chi connectivity index (χ4n) is 1.39. The van der Waals surface area contributed by atoms with Crippen molar-refractivity contribution in [3.63, 3.8) is 0 Å². The van der Waals surface area contributed by atoms with Crippen molar-refractivity contribution in [3.05, 3.63) is 30.3 Å². The highest BCUT2D eigenvalue weighted by molar-refractivity contribution is 5.81. The number of hydrogen-bond acceptors (Lipinski definition) is 3. The largest absolute Gasteiger partial charge is 0.376 e. The van der Waals surface area contributed by atoms with Crippen molar-refractivity contribution >= 4 is 17.5 Å². The van der Waals surface area contributed by atoms with E-state index in [1.165, 1.54) is 0 Å². The molecule has 0 radical (unpaired) electrons. The highest BCUT2D eigenvalue weighted by Crippen LogP contribution is 2.03. The highest BCUT2D eigenvalue weighted by atomic mass is 16.2. The van der Waals surface area contributed by atoms with Crippen LogP contribution in [0.4, 0.5) is 5.69 Å². The van der Waals surface area contributed by atoms with Gasteiger partial charge in [0.1, 0.15) is 0 Å². The third-order valence-corrected chi connectivity index (χ3v) is 2.50. The van der Waals surface area contributed by atoms with Gasteiger partial charge in [-0.05, 0) is 12.1 Å². The Morgan fingerprint density at radius 3 is 2.32 bits per heavy atom. The molecule has 0 saturated carbocycles. The van der Waals surface area contributed by atoms with Crippen molar-refractivity contribution in [2.45, 2.75) is 13.8 Å². The van der Waals surface area contributed by atoms with Crippen LogP contribution in [0.5, 0.6) is 0 Å². The van der Waals surface area contributed by atoms with E-state index in [0.717, 1.165) is 5.69 Å². The van der Waals surface area contributed by atoms with Crippen molar-refractivity contribution in [3.8, 4) is 0 Å². The summed E-state index contributed by atoms with van der Waals surface area (Å²) in [5.74, 6) is -0.130. The molecular weight excluding hydrogens is 242 g/mol. The fraction of sp³-hybridized carbons (Fsp3) is 0.429. The van der Waals surface area contributed by atoms with E-state index in [4.69, 9.17) is 0 Å². The van der Waals surface area contributed by atoms with Gasteiger partial charge in [-0.2, -0.15) is 0 Å². The zero-order valence-electron chi connectivity index (χ0n) is 11.4. The van der Waals surface area contributed by atoms with Crippen LogP contribution in [0.15, 0.2) is 30.3 Å². The first-order valence-electron chi connectivity index (χ1n) is 6.43. The van der Waals surface area contributed by atoms with E-state index in [1.807, 2.05) is 44.2 Å². The van der Waals surface area contributed by atoms with E-state index in [9.17, 15) is 9.59 Å². The molecule has 0 aliphatic rings. The van der Waals surface area contributed by atoms with Gasteiger partial charge in [-0.25, -0.2) is 0 Å². The van der Waals surface area contributed by atoms with E-state index in [2.05, 4.69) is 16.0 Å². The van der Waals surface area contributed by atoms with Crippen LogP contribution in [0.3, 0.4) is 0 Å². The van der Waals surface area contributed by atoms with Gasteiger partial charge in [0.15, 0.2) is 0 Å². The van der Waals surface area contributed by atoms with Crippen molar-refractivity contribution < 1.29 is 9.59 Å². The van der Waals surface area contributed by atoms with Crippen LogP contribution in [0.2, 0.25) is 0 Å². The Kier molecular flexibility index (Phi) is 6.43. The number of amides is 2. The third-order valence-electron chi connectivity index (χ3n) is 2.50. The molecule has 0 aliphatic heterocycles. The maximum absolute atomic E-state index is 11.5. The molecule has 0 unspecified atom stereocenters. The van der Waals surface area contributed by atoms with Crippen LogP contribution in [-0.2, 0) is 9.59 Å². The normalized spacial score (nSPS) is 10.1. The Labute approximate surface area is 113 Å². The molecule has 0 aliphatic carbocycles. The van der Waals surface area contributed by atoms with Crippen LogP contribution < -0.4 is 16.0 Å². The van der Waals surface area contributed by atoms with Gasteiger partial charge in [-0.15, -0.1) is 0 Å². The summed E-state index contributed by atoms with van der Waals surface area (Å²) in [6.07, 6.45) is 0. The van der Waals surface area contributed by atoms with Crippen molar-refractivity contribution in [2.75, 3.05) is 25.0 Å². The van der Waals surface area contributed by atoms with Gasteiger partial charge < -0.3 is 16.0 Å². The molecule has 5 nitrogen and oxygen atoms in total. The number of nitrogens with one attached hydrogen (secondary N) is 3. The first-order valence-corrected chi connectivity index (χ1v) is 6.43. The molecule has 0 atom stereocenters. The Morgan fingerprint density at radius 2 is 1.68 bits per heavy atom. The van der Waals surface area contributed by atoms with Gasteiger partial charge in [0.2, 0.25) is 11.8 Å². The molecule has 0 aromatic heterocycles. The number of carbonyl (C=O) groups excluding carboxylic acids is 2. The van der Waals surface area contributed by atoms with Crippen molar-refractivity contribution in [2.24, 2.45) is 5.92 Å². The Hall–Kier alpha value is -2.04. The first-order chi connectivity index (χ1) is 9.09. The van der Waals surface area contributed by atoms with Crippen LogP contribution in [0.1, 0.15) is 13.8 Å². The molecule has 1 rings (SSSR count). The quantitative estimate of drug-likeness (QED) is 0.642. The number of rotatable bonds is 7. The highest BCUT2D eigenvalue weighted by Gasteiger charge is 2.05. The van der Waals surface area contributed by atoms with E-state index in [0.29, 0.717) is 13.1 Å². The zero-order chi connectivity index (χ0) is 14.1. The smallest absolute Gasteiger partial charge is 0.239 e. The van der Waals surface area contributed by atoms with E-state index in [-0.39, 0.29) is 24.3 Å². The second-order valence-electron chi connectivity index (χ2n) is 4.52. The summed E-state index contributed by atoms with van der Waals surface area (Å²) in [7, 11) is 0. The number of anilines is 1. The molecule has 2 amide bonds. The molecule has 1 aromatic carbocycles. The lowest BCUT2D eigenvalue weighted by Gasteiger charge is -2.09. The minimum Gasteiger partial charge on any atom is -0.376 e. The van der Waals surface area contributed by atoms with Crippen molar-refractivity contribution in [1.82, 2.24) is 10.6 Å². The van der Waals surface area contributed by atoms with Crippen LogP contribution >= 0.6 is 0 Å². The van der Waals surface area contributed by atoms with E-state index >= 15 is 0 Å². The van der Waals surface area contributed by atoms with Crippen LogP contribution in [0.25, 0.3) is 0 Å². The zero-order valence-corrected chi connectivity index (χ0v) is 11.4. The summed E-state index contributed by atoms with van der Waals surface area (Å²) < 4.78 is 0. The average molecular weight is 263 g/mol. The Morgan fingerprint density at radius 1 is 1.05 bits per heavy atom. The molecule has 3 N–H and O–H groups in total. The maximum atomic E-state index is 11.5. The minimum atomic E-state index is -0.0948. The fourth-order valence-corrected chi connectivity index (χ4v) is 1.39. The summed E-state index contributed by atoms with van der Waals surface area (Å²) in [5, 5.41) is 8.48. The van der Waals surface area contributed by atoms with Gasteiger partial charge in [0.25, 0.3) is 0 Å². The molecule has 1 aromatic rings. The maximum Gasteiger partial charge on any atom is 0.239 e. The van der Waals surface area contributed by atoms with Crippen molar-refractivity contribution in [1.29, 1.82) is 0 Å². The third kappa shape index (κ3) is 6.45. The number of carbonyl (C=O) groups is 2. The minimum absolute atomic E-state index is 0.00309. The molecule has 0 heterocycles. The van der Waals surface area contributed by atoms with Gasteiger partial charge in [-0.1, -0.05) is 32.0 Å². The van der Waals surface area contributed by atoms with Crippen LogP contribution in [0, 0.1) is 5.92 Å². The molecule has 104 valence electrons. The summed E-state index contributed by atoms with van der Waals surface area (Å²) >= 11 is 0. The lowest BCUT2D eigenvalue weighted by Crippen LogP contribution is -2.38. The molecule has 0 fully saturated rings. The molecule has 0 spiro atoms.